The third kappa shape index (κ3) is 10.0. The molecular formula is C34H40Cl4N5O2+. The maximum atomic E-state index is 13.7. The molecule has 2 aromatic carbocycles. The number of amides is 1. The molecule has 0 aliphatic rings. The summed E-state index contributed by atoms with van der Waals surface area (Å²) in [5.41, 5.74) is 1.21. The molecular weight excluding hydrogens is 652 g/mol. The Labute approximate surface area is 284 Å². The summed E-state index contributed by atoms with van der Waals surface area (Å²) < 4.78 is 2.92. The number of hydrogen-bond acceptors (Lipinski definition) is 3. The zero-order valence-electron chi connectivity index (χ0n) is 25.5. The normalized spacial score (nSPS) is 11.1. The van der Waals surface area contributed by atoms with Crippen molar-refractivity contribution in [2.75, 3.05) is 10.6 Å². The van der Waals surface area contributed by atoms with Gasteiger partial charge in [-0.1, -0.05) is 124 Å². The van der Waals surface area contributed by atoms with Crippen molar-refractivity contribution in [1.29, 1.82) is 0 Å². The van der Waals surface area contributed by atoms with E-state index in [1.54, 1.807) is 35.2 Å². The molecule has 3 N–H and O–H groups in total. The molecule has 2 aromatic heterocycles. The Morgan fingerprint density at radius 2 is 1.40 bits per heavy atom. The first kappa shape index (κ1) is 34.9. The summed E-state index contributed by atoms with van der Waals surface area (Å²) in [6.45, 7) is 2.24. The van der Waals surface area contributed by atoms with Gasteiger partial charge >= 0.3 is 11.2 Å². The average Bonchev–Trinajstić information content (AvgIpc) is 3.32. The Balaban J connectivity index is 1.42. The second-order valence-electron chi connectivity index (χ2n) is 11.1. The summed E-state index contributed by atoms with van der Waals surface area (Å²) in [5, 5.41) is 10.4. The number of H-pyrrole nitrogens is 1. The Kier molecular flexibility index (Phi) is 13.7. The highest BCUT2D eigenvalue weighted by atomic mass is 35.5. The molecule has 4 aromatic rings. The third-order valence-electron chi connectivity index (χ3n) is 7.56. The molecule has 0 saturated heterocycles. The second kappa shape index (κ2) is 17.7. The van der Waals surface area contributed by atoms with Gasteiger partial charge in [0.15, 0.2) is 12.4 Å². The predicted molar refractivity (Wildman–Crippen MR) is 187 cm³/mol. The van der Waals surface area contributed by atoms with E-state index in [4.69, 9.17) is 46.4 Å². The van der Waals surface area contributed by atoms with Crippen LogP contribution in [0.3, 0.4) is 0 Å². The number of carbonyl (C=O) groups excluding carboxylic acids is 1. The summed E-state index contributed by atoms with van der Waals surface area (Å²) in [5.74, 6) is 0.288. The summed E-state index contributed by atoms with van der Waals surface area (Å²) >= 11 is 25.6. The van der Waals surface area contributed by atoms with Crippen LogP contribution >= 0.6 is 46.4 Å². The molecule has 11 heteroatoms. The first-order valence-corrected chi connectivity index (χ1v) is 17.1. The number of benzene rings is 2. The Hall–Kier alpha value is -2.97. The van der Waals surface area contributed by atoms with E-state index in [1.165, 1.54) is 68.2 Å². The molecule has 0 aliphatic heterocycles. The number of aromatic nitrogens is 3. The minimum absolute atomic E-state index is 0.0497. The Bertz CT molecular complexity index is 1600. The Morgan fingerprint density at radius 1 is 0.800 bits per heavy atom. The van der Waals surface area contributed by atoms with Gasteiger partial charge in [-0.15, -0.1) is 0 Å². The number of aromatic amines is 1. The standard InChI is InChI=1S/C34H39Cl4N5O2/c1-2-3-4-5-6-7-8-9-10-11-13-16-30(44)39-25-17-18-26(36)29(23-25)40-33-32(42-19-14-12-15-20-42)34(45)43(41-33)31-27(37)21-24(35)22-28(31)38/h12,14-15,17-23H,2-11,13,16H2,1H3,(H2-,39,40,41,44,45)/p+1. The molecule has 4 rings (SSSR count). The van der Waals surface area contributed by atoms with Crippen LogP contribution in [0, 0.1) is 0 Å². The molecule has 2 heterocycles. The van der Waals surface area contributed by atoms with E-state index in [1.807, 2.05) is 18.2 Å². The lowest BCUT2D eigenvalue weighted by Crippen LogP contribution is -2.36. The quantitative estimate of drug-likeness (QED) is 0.0761. The summed E-state index contributed by atoms with van der Waals surface area (Å²) in [6, 6.07) is 13.7. The molecule has 0 radical (unpaired) electrons. The smallest absolute Gasteiger partial charge is 0.334 e. The Morgan fingerprint density at radius 3 is 2.02 bits per heavy atom. The number of nitrogens with zero attached hydrogens (tertiary/aromatic N) is 2. The molecule has 0 spiro atoms. The van der Waals surface area contributed by atoms with Gasteiger partial charge in [-0.2, -0.15) is 4.57 Å². The molecule has 0 bridgehead atoms. The van der Waals surface area contributed by atoms with Crippen LogP contribution in [0.25, 0.3) is 11.4 Å². The van der Waals surface area contributed by atoms with Gasteiger partial charge in [0.25, 0.3) is 0 Å². The van der Waals surface area contributed by atoms with E-state index in [2.05, 4.69) is 22.7 Å². The summed E-state index contributed by atoms with van der Waals surface area (Å²) in [4.78, 5) is 26.5. The van der Waals surface area contributed by atoms with Crippen molar-refractivity contribution >= 4 is 69.5 Å². The number of anilines is 3. The first-order chi connectivity index (χ1) is 21.8. The number of hydrogen-bond donors (Lipinski definition) is 3. The van der Waals surface area contributed by atoms with Crippen molar-refractivity contribution in [2.45, 2.75) is 84.0 Å². The predicted octanol–water partition coefficient (Wildman–Crippen LogP) is 10.4. The van der Waals surface area contributed by atoms with Crippen LogP contribution in [-0.4, -0.2) is 15.7 Å². The van der Waals surface area contributed by atoms with Crippen molar-refractivity contribution in [2.24, 2.45) is 0 Å². The molecule has 45 heavy (non-hydrogen) atoms. The van der Waals surface area contributed by atoms with E-state index in [-0.39, 0.29) is 27.3 Å². The van der Waals surface area contributed by atoms with Crippen LogP contribution in [0.1, 0.15) is 84.0 Å². The lowest BCUT2D eigenvalue weighted by molar-refractivity contribution is -0.595. The van der Waals surface area contributed by atoms with Gasteiger partial charge in [0.1, 0.15) is 5.69 Å². The van der Waals surface area contributed by atoms with Crippen molar-refractivity contribution in [3.63, 3.8) is 0 Å². The molecule has 0 atom stereocenters. The zero-order valence-corrected chi connectivity index (χ0v) is 28.5. The summed E-state index contributed by atoms with van der Waals surface area (Å²) in [6.07, 6.45) is 17.5. The van der Waals surface area contributed by atoms with Crippen LogP contribution < -0.4 is 20.8 Å². The number of carbonyl (C=O) groups is 1. The minimum Gasteiger partial charge on any atom is -0.334 e. The van der Waals surface area contributed by atoms with E-state index in [0.29, 0.717) is 33.7 Å². The number of rotatable bonds is 17. The molecule has 0 saturated carbocycles. The second-order valence-corrected chi connectivity index (χ2v) is 12.8. The van der Waals surface area contributed by atoms with Crippen LogP contribution in [0.4, 0.5) is 17.2 Å². The van der Waals surface area contributed by atoms with Crippen molar-refractivity contribution in [1.82, 2.24) is 9.78 Å². The first-order valence-electron chi connectivity index (χ1n) is 15.6. The molecule has 0 fully saturated rings. The summed E-state index contributed by atoms with van der Waals surface area (Å²) in [7, 11) is 0. The van der Waals surface area contributed by atoms with Crippen LogP contribution in [-0.2, 0) is 4.79 Å². The van der Waals surface area contributed by atoms with Gasteiger partial charge < -0.3 is 10.6 Å². The minimum atomic E-state index is -0.410. The average molecular weight is 693 g/mol. The van der Waals surface area contributed by atoms with Crippen molar-refractivity contribution in [3.8, 4) is 11.4 Å². The molecule has 0 unspecified atom stereocenters. The fourth-order valence-corrected chi connectivity index (χ4v) is 6.37. The van der Waals surface area contributed by atoms with Gasteiger partial charge in [-0.3, -0.25) is 14.7 Å². The van der Waals surface area contributed by atoms with Gasteiger partial charge in [0, 0.05) is 29.3 Å². The number of pyridine rings is 1. The topological polar surface area (TPSA) is 82.8 Å². The molecule has 0 aliphatic carbocycles. The molecule has 240 valence electrons. The van der Waals surface area contributed by atoms with E-state index in [0.717, 1.165) is 19.3 Å². The third-order valence-corrected chi connectivity index (χ3v) is 8.69. The van der Waals surface area contributed by atoms with Gasteiger partial charge in [0.05, 0.1) is 20.8 Å². The maximum absolute atomic E-state index is 13.7. The number of halogens is 4. The zero-order chi connectivity index (χ0) is 32.2. The van der Waals surface area contributed by atoms with Crippen LogP contribution in [0.5, 0.6) is 0 Å². The van der Waals surface area contributed by atoms with Gasteiger partial charge in [-0.05, 0) is 36.8 Å². The molecule has 1 amide bonds. The van der Waals surface area contributed by atoms with Crippen LogP contribution in [0.15, 0.2) is 65.7 Å². The number of unbranched alkanes of at least 4 members (excludes halogenated alkanes) is 10. The number of nitrogens with one attached hydrogen (secondary N) is 3. The van der Waals surface area contributed by atoms with Gasteiger partial charge in [-0.25, -0.2) is 4.68 Å². The van der Waals surface area contributed by atoms with Crippen LogP contribution in [0.2, 0.25) is 20.1 Å². The van der Waals surface area contributed by atoms with Gasteiger partial charge in [0.2, 0.25) is 11.7 Å². The fourth-order valence-electron chi connectivity index (χ4n) is 5.22. The maximum Gasteiger partial charge on any atom is 0.346 e. The fraction of sp³-hybridized carbons (Fsp3) is 0.382. The highest BCUT2D eigenvalue weighted by Crippen LogP contribution is 2.33. The lowest BCUT2D eigenvalue weighted by Gasteiger charge is -2.11. The molecule has 7 nitrogen and oxygen atoms in total. The largest absolute Gasteiger partial charge is 0.346 e. The SMILES string of the molecule is CCCCCCCCCCCCCC(=O)Nc1ccc(Cl)c(Nc2[nH]n(-c3c(Cl)cc(Cl)cc3Cl)c(=O)c2-[n+]2ccccc2)c1. The van der Waals surface area contributed by atoms with E-state index < -0.39 is 5.56 Å². The highest BCUT2D eigenvalue weighted by molar-refractivity contribution is 6.40. The van der Waals surface area contributed by atoms with E-state index >= 15 is 0 Å². The van der Waals surface area contributed by atoms with Crippen molar-refractivity contribution in [3.05, 3.63) is 91.4 Å². The van der Waals surface area contributed by atoms with Crippen molar-refractivity contribution < 1.29 is 9.36 Å². The highest BCUT2D eigenvalue weighted by Gasteiger charge is 2.27. The monoisotopic (exact) mass is 690 g/mol. The van der Waals surface area contributed by atoms with E-state index in [9.17, 15) is 9.59 Å². The lowest BCUT2D eigenvalue weighted by atomic mass is 10.1.